The summed E-state index contributed by atoms with van der Waals surface area (Å²) in [6, 6.07) is 0. The monoisotopic (exact) mass is 895 g/mol. The summed E-state index contributed by atoms with van der Waals surface area (Å²) in [5.41, 5.74) is 0. The Morgan fingerprint density at radius 2 is 1.17 bits per heavy atom. The van der Waals surface area contributed by atoms with Gasteiger partial charge in [0.25, 0.3) is 0 Å². The lowest BCUT2D eigenvalue weighted by atomic mass is 10.0. The highest BCUT2D eigenvalue weighted by atomic mass is 31.2. The third kappa shape index (κ3) is 42.7. The summed E-state index contributed by atoms with van der Waals surface area (Å²) >= 11 is 0. The maximum Gasteiger partial charge on any atom is 0.472 e. The van der Waals surface area contributed by atoms with E-state index in [1.165, 1.54) is 70.6 Å². The molecule has 0 heterocycles. The van der Waals surface area contributed by atoms with E-state index >= 15 is 0 Å². The number of rotatable bonds is 41. The number of unbranched alkanes of at least 4 members (excludes halogenated alkanes) is 15. The van der Waals surface area contributed by atoms with Crippen molar-refractivity contribution in [3.8, 4) is 0 Å². The maximum absolute atomic E-state index is 12.7. The smallest absolute Gasteiger partial charge is 0.462 e. The summed E-state index contributed by atoms with van der Waals surface area (Å²) in [5.74, 6) is -0.351. The Labute approximate surface area is 361 Å². The molecule has 0 aliphatic rings. The highest BCUT2D eigenvalue weighted by molar-refractivity contribution is 7.47. The van der Waals surface area contributed by atoms with Crippen LogP contribution in [0.2, 0.25) is 0 Å². The first kappa shape index (κ1) is 58.0. The summed E-state index contributed by atoms with van der Waals surface area (Å²) in [6.07, 6.45) is 34.3. The molecule has 350 valence electrons. The highest BCUT2D eigenvalue weighted by Crippen LogP contribution is 2.43. The number of esters is 2. The number of carbonyl (C=O) groups is 2. The van der Waals surface area contributed by atoms with Gasteiger partial charge in [-0.05, 0) is 50.9 Å². The second-order valence-electron chi connectivity index (χ2n) is 15.7. The van der Waals surface area contributed by atoms with Crippen molar-refractivity contribution in [2.45, 2.75) is 187 Å². The van der Waals surface area contributed by atoms with Gasteiger partial charge in [0.2, 0.25) is 0 Å². The van der Waals surface area contributed by atoms with Crippen LogP contribution in [0.5, 0.6) is 0 Å². The van der Waals surface area contributed by atoms with E-state index in [1.54, 1.807) is 6.08 Å². The van der Waals surface area contributed by atoms with Gasteiger partial charge in [0.15, 0.2) is 6.10 Å². The van der Waals surface area contributed by atoms with Crippen LogP contribution in [-0.2, 0) is 41.8 Å². The van der Waals surface area contributed by atoms with Crippen molar-refractivity contribution >= 4 is 27.6 Å². The minimum atomic E-state index is -4.88. The normalized spacial score (nSPS) is 15.1. The summed E-state index contributed by atoms with van der Waals surface area (Å²) in [6.45, 7) is 3.89. The standard InChI is InChI=1S/C44H80O14P2/c1-4-5-6-7-21-26-31-40(45)32-27-22-17-14-15-18-23-28-33-43(47)54-37-42(38-57-60(52,53)56-36-41(46)35-55-59(49,50)51)58-44(48)34-29-24-19-13-11-9-8-10-12-16-20-25-30-39(2)3/h15,17-18,21-22,26-27,32,39-42,45-46H,4-14,16,19-20,23-25,28-31,33-38H2,1-3H3,(H,52,53)(H2,49,50,51)/b18-15-,22-17-,26-21-,32-27+/t40-,41+,42-/m1/s1. The zero-order valence-corrected chi connectivity index (χ0v) is 38.6. The van der Waals surface area contributed by atoms with Gasteiger partial charge in [-0.15, -0.1) is 0 Å². The number of phosphoric ester groups is 2. The van der Waals surface area contributed by atoms with Crippen LogP contribution in [0.3, 0.4) is 0 Å². The summed E-state index contributed by atoms with van der Waals surface area (Å²) < 4.78 is 47.7. The van der Waals surface area contributed by atoms with E-state index in [4.69, 9.17) is 23.8 Å². The molecule has 1 unspecified atom stereocenters. The molecule has 5 N–H and O–H groups in total. The molecule has 0 aromatic carbocycles. The number of phosphoric acid groups is 2. The number of aliphatic hydroxyl groups is 2. The number of ether oxygens (including phenoxy) is 2. The average Bonchev–Trinajstić information content (AvgIpc) is 3.19. The number of aliphatic hydroxyl groups excluding tert-OH is 2. The fourth-order valence-corrected chi connectivity index (χ4v) is 6.94. The third-order valence-corrected chi connectivity index (χ3v) is 10.7. The van der Waals surface area contributed by atoms with Gasteiger partial charge < -0.3 is 34.4 Å². The first-order chi connectivity index (χ1) is 28.6. The predicted octanol–water partition coefficient (Wildman–Crippen LogP) is 10.3. The van der Waals surface area contributed by atoms with Crippen LogP contribution in [0, 0.1) is 5.92 Å². The molecule has 0 bridgehead atoms. The van der Waals surface area contributed by atoms with Crippen molar-refractivity contribution < 1.29 is 66.7 Å². The average molecular weight is 895 g/mol. The van der Waals surface area contributed by atoms with E-state index in [0.29, 0.717) is 32.1 Å². The zero-order chi connectivity index (χ0) is 44.7. The van der Waals surface area contributed by atoms with Crippen molar-refractivity contribution in [2.75, 3.05) is 26.4 Å². The Bertz CT molecular complexity index is 1280. The Morgan fingerprint density at radius 1 is 0.600 bits per heavy atom. The molecular weight excluding hydrogens is 814 g/mol. The second-order valence-corrected chi connectivity index (χ2v) is 18.3. The molecule has 0 aromatic heterocycles. The molecule has 0 saturated heterocycles. The Balaban J connectivity index is 4.65. The largest absolute Gasteiger partial charge is 0.472 e. The molecule has 0 radical (unpaired) electrons. The van der Waals surface area contributed by atoms with E-state index in [1.807, 2.05) is 36.5 Å². The highest BCUT2D eigenvalue weighted by Gasteiger charge is 2.28. The fourth-order valence-electron chi connectivity index (χ4n) is 5.79. The van der Waals surface area contributed by atoms with Crippen LogP contribution in [0.4, 0.5) is 0 Å². The molecule has 4 atom stereocenters. The molecule has 0 fully saturated rings. The first-order valence-corrected chi connectivity index (χ1v) is 25.3. The quantitative estimate of drug-likeness (QED) is 0.0127. The molecule has 0 spiro atoms. The zero-order valence-electron chi connectivity index (χ0n) is 36.8. The van der Waals surface area contributed by atoms with E-state index in [-0.39, 0.29) is 12.8 Å². The molecular formula is C44H80O14P2. The van der Waals surface area contributed by atoms with Crippen molar-refractivity contribution in [1.29, 1.82) is 0 Å². The van der Waals surface area contributed by atoms with Crippen molar-refractivity contribution in [3.05, 3.63) is 48.6 Å². The molecule has 0 aromatic rings. The molecule has 16 heteroatoms. The van der Waals surface area contributed by atoms with Crippen LogP contribution in [0.15, 0.2) is 48.6 Å². The van der Waals surface area contributed by atoms with Gasteiger partial charge in [0.05, 0.1) is 25.9 Å². The van der Waals surface area contributed by atoms with Crippen LogP contribution >= 0.6 is 15.6 Å². The van der Waals surface area contributed by atoms with E-state index in [2.05, 4.69) is 35.9 Å². The molecule has 60 heavy (non-hydrogen) atoms. The van der Waals surface area contributed by atoms with Gasteiger partial charge in [0, 0.05) is 12.8 Å². The molecule has 0 saturated carbocycles. The Kier molecular flexibility index (Phi) is 37.4. The number of allylic oxidation sites excluding steroid dienone is 6. The predicted molar refractivity (Wildman–Crippen MR) is 236 cm³/mol. The number of hydrogen-bond acceptors (Lipinski definition) is 11. The molecule has 0 aliphatic carbocycles. The number of hydrogen-bond donors (Lipinski definition) is 5. The van der Waals surface area contributed by atoms with Gasteiger partial charge in [-0.25, -0.2) is 9.13 Å². The Morgan fingerprint density at radius 3 is 1.80 bits per heavy atom. The lowest BCUT2D eigenvalue weighted by Crippen LogP contribution is -2.30. The maximum atomic E-state index is 12.7. The van der Waals surface area contributed by atoms with Crippen molar-refractivity contribution in [2.24, 2.45) is 5.92 Å². The van der Waals surface area contributed by atoms with Crippen molar-refractivity contribution in [3.63, 3.8) is 0 Å². The Hall–Kier alpha value is -1.96. The summed E-state index contributed by atoms with van der Waals surface area (Å²) in [5, 5.41) is 19.8. The first-order valence-electron chi connectivity index (χ1n) is 22.3. The lowest BCUT2D eigenvalue weighted by molar-refractivity contribution is -0.161. The van der Waals surface area contributed by atoms with Crippen LogP contribution < -0.4 is 0 Å². The topological polar surface area (TPSA) is 216 Å². The van der Waals surface area contributed by atoms with E-state index in [9.17, 15) is 33.8 Å². The summed E-state index contributed by atoms with van der Waals surface area (Å²) in [4.78, 5) is 52.7. The van der Waals surface area contributed by atoms with E-state index < -0.39 is 72.3 Å². The lowest BCUT2D eigenvalue weighted by Gasteiger charge is -2.20. The third-order valence-electron chi connectivity index (χ3n) is 9.22. The number of carbonyl (C=O) groups excluding carboxylic acids is 2. The van der Waals surface area contributed by atoms with Crippen molar-refractivity contribution in [1.82, 2.24) is 0 Å². The SMILES string of the molecule is CCCCC/C=C\C[C@@H](O)/C=C/C=C\C/C=C\CCCC(=O)OC[C@H](COP(=O)(O)OC[C@@H](O)COP(=O)(O)O)OC(=O)CCCCCCCCCCCCCCC(C)C. The molecule has 0 aliphatic heterocycles. The van der Waals surface area contributed by atoms with Gasteiger partial charge in [0.1, 0.15) is 12.7 Å². The van der Waals surface area contributed by atoms with E-state index in [0.717, 1.165) is 38.0 Å². The van der Waals surface area contributed by atoms with Crippen LogP contribution in [0.1, 0.15) is 168 Å². The molecule has 0 rings (SSSR count). The van der Waals surface area contributed by atoms with Gasteiger partial charge in [-0.1, -0.05) is 159 Å². The van der Waals surface area contributed by atoms with Crippen LogP contribution in [-0.4, -0.2) is 81.6 Å². The van der Waals surface area contributed by atoms with Gasteiger partial charge in [-0.3, -0.25) is 23.2 Å². The molecule has 14 nitrogen and oxygen atoms in total. The van der Waals surface area contributed by atoms with Crippen LogP contribution in [0.25, 0.3) is 0 Å². The fraction of sp³-hybridized carbons (Fsp3) is 0.773. The second kappa shape index (κ2) is 38.7. The minimum absolute atomic E-state index is 0.0873. The van der Waals surface area contributed by atoms with Gasteiger partial charge >= 0.3 is 27.6 Å². The minimum Gasteiger partial charge on any atom is -0.462 e. The summed E-state index contributed by atoms with van der Waals surface area (Å²) in [7, 11) is -9.71. The van der Waals surface area contributed by atoms with Gasteiger partial charge in [-0.2, -0.15) is 0 Å². The molecule has 0 amide bonds.